The van der Waals surface area contributed by atoms with Crippen molar-refractivity contribution in [3.63, 3.8) is 0 Å². The van der Waals surface area contributed by atoms with Crippen LogP contribution in [0.3, 0.4) is 0 Å². The van der Waals surface area contributed by atoms with Crippen LogP contribution >= 0.6 is 0 Å². The lowest BCUT2D eigenvalue weighted by atomic mass is 10.1. The largest absolute Gasteiger partial charge is 0.497 e. The monoisotopic (exact) mass is 412 g/mol. The van der Waals surface area contributed by atoms with Gasteiger partial charge in [0, 0.05) is 11.5 Å². The van der Waals surface area contributed by atoms with Gasteiger partial charge in [-0.1, -0.05) is 17.2 Å². The molecule has 1 saturated heterocycles. The van der Waals surface area contributed by atoms with Gasteiger partial charge in [0.15, 0.2) is 23.2 Å². The summed E-state index contributed by atoms with van der Waals surface area (Å²) >= 11 is 0. The van der Waals surface area contributed by atoms with Crippen molar-refractivity contribution in [3.8, 4) is 5.75 Å². The van der Waals surface area contributed by atoms with Crippen LogP contribution in [0.25, 0.3) is 21.6 Å². The number of hydrogen-bond donors (Lipinski definition) is 3. The van der Waals surface area contributed by atoms with Gasteiger partial charge in [0.2, 0.25) is 0 Å². The molecule has 12 nitrogen and oxygen atoms in total. The van der Waals surface area contributed by atoms with E-state index in [0.717, 1.165) is 11.3 Å². The summed E-state index contributed by atoms with van der Waals surface area (Å²) in [5, 5.41) is 27.2. The predicted octanol–water partition coefficient (Wildman–Crippen LogP) is 1.38. The molecule has 1 fully saturated rings. The molecule has 3 heterocycles. The third kappa shape index (κ3) is 3.72. The van der Waals surface area contributed by atoms with Crippen LogP contribution in [0, 0.1) is 0 Å². The molecule has 3 aromatic rings. The van der Waals surface area contributed by atoms with E-state index >= 15 is 0 Å². The van der Waals surface area contributed by atoms with Gasteiger partial charge in [0.1, 0.15) is 24.3 Å². The molecule has 4 rings (SSSR count). The first-order valence-electron chi connectivity index (χ1n) is 9.19. The maximum atomic E-state index is 10.4. The van der Waals surface area contributed by atoms with Gasteiger partial charge in [-0.2, -0.15) is 0 Å². The number of nitrogens with one attached hydrogen (secondary N) is 1. The minimum absolute atomic E-state index is 0.0957. The second kappa shape index (κ2) is 8.51. The van der Waals surface area contributed by atoms with Crippen molar-refractivity contribution in [1.29, 1.82) is 0 Å². The predicted molar refractivity (Wildman–Crippen MR) is 106 cm³/mol. The molecule has 1 aliphatic heterocycles. The maximum Gasteiger partial charge on any atom is 0.167 e. The first-order chi connectivity index (χ1) is 14.6. The normalized spacial score (nSPS) is 23.3. The number of aliphatic hydroxyl groups is 2. The molecule has 156 valence electrons. The number of fused-ring (bicyclic) bond motifs is 1. The van der Waals surface area contributed by atoms with Crippen LogP contribution in [0.4, 0.5) is 5.82 Å². The lowest BCUT2D eigenvalue weighted by Gasteiger charge is -2.16. The van der Waals surface area contributed by atoms with E-state index in [0.29, 0.717) is 23.5 Å². The zero-order chi connectivity index (χ0) is 21.1. The van der Waals surface area contributed by atoms with Crippen LogP contribution in [0.15, 0.2) is 42.0 Å². The molecule has 0 radical (unpaired) electrons. The number of aromatic nitrogens is 4. The molecule has 30 heavy (non-hydrogen) atoms. The molecule has 0 unspecified atom stereocenters. The van der Waals surface area contributed by atoms with Crippen LogP contribution in [-0.2, 0) is 11.3 Å². The Hall–Kier alpha value is -3.44. The fourth-order valence-electron chi connectivity index (χ4n) is 3.32. The van der Waals surface area contributed by atoms with Gasteiger partial charge in [0.25, 0.3) is 0 Å². The standard InChI is InChI=1S/C18H20N8O4/c1-29-11-4-2-10(3-5-11)6-20-16-13-17(22-8-21-16)26(9-23-13)18-15(28)14(27)12(30-18)7-24-25-19/h2-5,8-9,12,14-15,18,27-28H,6-7H2,1H3,(H,20,21,22)/t12-,14+,15+,18-/m1/s1. The first kappa shape index (κ1) is 19.9. The number of aliphatic hydroxyl groups excluding tert-OH is 2. The molecule has 2 aromatic heterocycles. The first-order valence-corrected chi connectivity index (χ1v) is 9.19. The Labute approximate surface area is 170 Å². The summed E-state index contributed by atoms with van der Waals surface area (Å²) in [6.07, 6.45) is -1.33. The number of nitrogens with zero attached hydrogens (tertiary/aromatic N) is 7. The summed E-state index contributed by atoms with van der Waals surface area (Å²) in [6, 6.07) is 7.63. The summed E-state index contributed by atoms with van der Waals surface area (Å²) in [6.45, 7) is 0.417. The molecule has 3 N–H and O–H groups in total. The maximum absolute atomic E-state index is 10.4. The summed E-state index contributed by atoms with van der Waals surface area (Å²) in [4.78, 5) is 15.5. The summed E-state index contributed by atoms with van der Waals surface area (Å²) in [5.41, 5.74) is 10.4. The SMILES string of the molecule is COc1ccc(CNc2ncnc3c2ncn3[C@@H]2O[C@H](CN=[N+]=[N-])[C@H](O)[C@@H]2O)cc1. The molecule has 12 heteroatoms. The van der Waals surface area contributed by atoms with E-state index < -0.39 is 24.5 Å². The van der Waals surface area contributed by atoms with Crippen LogP contribution in [0.5, 0.6) is 5.75 Å². The van der Waals surface area contributed by atoms with Crippen molar-refractivity contribution < 1.29 is 19.7 Å². The smallest absolute Gasteiger partial charge is 0.167 e. The second-order valence-corrected chi connectivity index (χ2v) is 6.71. The zero-order valence-corrected chi connectivity index (χ0v) is 16.0. The van der Waals surface area contributed by atoms with Crippen molar-refractivity contribution in [2.75, 3.05) is 19.0 Å². The quantitative estimate of drug-likeness (QED) is 0.297. The van der Waals surface area contributed by atoms with Crippen LogP contribution < -0.4 is 10.1 Å². The lowest BCUT2D eigenvalue weighted by molar-refractivity contribution is -0.0321. The average Bonchev–Trinajstić information content (AvgIpc) is 3.33. The number of ether oxygens (including phenoxy) is 2. The summed E-state index contributed by atoms with van der Waals surface area (Å²) in [5.74, 6) is 1.30. The Bertz CT molecular complexity index is 1070. The highest BCUT2D eigenvalue weighted by Gasteiger charge is 2.43. The van der Waals surface area contributed by atoms with Crippen molar-refractivity contribution >= 4 is 17.0 Å². The van der Waals surface area contributed by atoms with Crippen LogP contribution in [-0.4, -0.2) is 61.7 Å². The van der Waals surface area contributed by atoms with Crippen LogP contribution in [0.1, 0.15) is 11.8 Å². The second-order valence-electron chi connectivity index (χ2n) is 6.71. The van der Waals surface area contributed by atoms with E-state index in [1.807, 2.05) is 24.3 Å². The molecular formula is C18H20N8O4. The number of hydrogen-bond acceptors (Lipinski definition) is 9. The van der Waals surface area contributed by atoms with Gasteiger partial charge < -0.3 is 25.0 Å². The highest BCUT2D eigenvalue weighted by molar-refractivity contribution is 5.82. The molecule has 1 aromatic carbocycles. The Kier molecular flexibility index (Phi) is 5.63. The number of imidazole rings is 1. The van der Waals surface area contributed by atoms with Gasteiger partial charge in [0.05, 0.1) is 26.1 Å². The van der Waals surface area contributed by atoms with E-state index in [4.69, 9.17) is 15.0 Å². The number of azide groups is 1. The summed E-state index contributed by atoms with van der Waals surface area (Å²) < 4.78 is 12.4. The molecule has 0 saturated carbocycles. The van der Waals surface area contributed by atoms with Crippen molar-refractivity contribution in [2.45, 2.75) is 31.1 Å². The van der Waals surface area contributed by atoms with E-state index in [9.17, 15) is 10.2 Å². The zero-order valence-electron chi connectivity index (χ0n) is 16.0. The van der Waals surface area contributed by atoms with Gasteiger partial charge in [-0.3, -0.25) is 4.57 Å². The Morgan fingerprint density at radius 2 is 2.03 bits per heavy atom. The highest BCUT2D eigenvalue weighted by atomic mass is 16.6. The number of rotatable bonds is 7. The Balaban J connectivity index is 1.55. The van der Waals surface area contributed by atoms with E-state index in [-0.39, 0.29) is 6.54 Å². The number of methoxy groups -OCH3 is 1. The topological polar surface area (TPSA) is 163 Å². The third-order valence-electron chi connectivity index (χ3n) is 4.91. The molecule has 0 amide bonds. The summed E-state index contributed by atoms with van der Waals surface area (Å²) in [7, 11) is 1.62. The Morgan fingerprint density at radius 3 is 2.77 bits per heavy atom. The Morgan fingerprint density at radius 1 is 1.23 bits per heavy atom. The molecular weight excluding hydrogens is 392 g/mol. The third-order valence-corrected chi connectivity index (χ3v) is 4.91. The van der Waals surface area contributed by atoms with Gasteiger partial charge in [-0.15, -0.1) is 0 Å². The van der Waals surface area contributed by atoms with Gasteiger partial charge in [-0.05, 0) is 23.2 Å². The minimum atomic E-state index is -1.23. The van der Waals surface area contributed by atoms with Crippen molar-refractivity contribution in [1.82, 2.24) is 19.5 Å². The van der Waals surface area contributed by atoms with Crippen molar-refractivity contribution in [2.24, 2.45) is 5.11 Å². The highest BCUT2D eigenvalue weighted by Crippen LogP contribution is 2.32. The fourth-order valence-corrected chi connectivity index (χ4v) is 3.32. The molecule has 0 aliphatic carbocycles. The minimum Gasteiger partial charge on any atom is -0.497 e. The van der Waals surface area contributed by atoms with Crippen LogP contribution in [0.2, 0.25) is 0 Å². The van der Waals surface area contributed by atoms with E-state index in [2.05, 4.69) is 30.3 Å². The van der Waals surface area contributed by atoms with Crippen molar-refractivity contribution in [3.05, 3.63) is 52.9 Å². The van der Waals surface area contributed by atoms with E-state index in [1.54, 1.807) is 7.11 Å². The van der Waals surface area contributed by atoms with E-state index in [1.165, 1.54) is 17.2 Å². The molecule has 0 spiro atoms. The van der Waals surface area contributed by atoms with Gasteiger partial charge >= 0.3 is 0 Å². The number of benzene rings is 1. The fraction of sp³-hybridized carbons (Fsp3) is 0.389. The van der Waals surface area contributed by atoms with Gasteiger partial charge in [-0.25, -0.2) is 15.0 Å². The molecule has 0 bridgehead atoms. The number of anilines is 1. The average molecular weight is 412 g/mol. The molecule has 4 atom stereocenters. The molecule has 1 aliphatic rings. The lowest BCUT2D eigenvalue weighted by Crippen LogP contribution is -2.32.